The number of ether oxygens (including phenoxy) is 1. The van der Waals surface area contributed by atoms with Crippen molar-refractivity contribution in [2.45, 2.75) is 37.8 Å². The van der Waals surface area contributed by atoms with Crippen molar-refractivity contribution < 1.29 is 4.74 Å². The molecule has 2 nitrogen and oxygen atoms in total. The zero-order valence-electron chi connectivity index (χ0n) is 6.96. The van der Waals surface area contributed by atoms with Crippen LogP contribution in [0.1, 0.15) is 25.7 Å². The molecule has 0 aliphatic heterocycles. The third-order valence-electron chi connectivity index (χ3n) is 2.12. The van der Waals surface area contributed by atoms with Crippen molar-refractivity contribution in [2.75, 3.05) is 6.61 Å². The minimum Gasteiger partial charge on any atom is -0.374 e. The van der Waals surface area contributed by atoms with E-state index in [9.17, 15) is 0 Å². The van der Waals surface area contributed by atoms with Crippen LogP contribution in [0.25, 0.3) is 0 Å². The van der Waals surface area contributed by atoms with Gasteiger partial charge in [0.25, 0.3) is 0 Å². The lowest BCUT2D eigenvalue weighted by Crippen LogP contribution is -2.32. The van der Waals surface area contributed by atoms with Gasteiger partial charge in [-0.2, -0.15) is 0 Å². The summed E-state index contributed by atoms with van der Waals surface area (Å²) in [4.78, 5) is 0. The molecule has 0 aromatic heterocycles. The van der Waals surface area contributed by atoms with Crippen LogP contribution in [0.15, 0.2) is 12.7 Å². The smallest absolute Gasteiger partial charge is 0.0648 e. The fraction of sp³-hybridized carbons (Fsp3) is 0.778. The molecule has 0 amide bonds. The fourth-order valence-corrected chi connectivity index (χ4v) is 1.54. The van der Waals surface area contributed by atoms with Gasteiger partial charge in [-0.1, -0.05) is 6.08 Å². The van der Waals surface area contributed by atoms with Gasteiger partial charge in [-0.05, 0) is 25.7 Å². The summed E-state index contributed by atoms with van der Waals surface area (Å²) >= 11 is 0. The summed E-state index contributed by atoms with van der Waals surface area (Å²) in [5, 5.41) is 0. The van der Waals surface area contributed by atoms with Gasteiger partial charge in [0.1, 0.15) is 0 Å². The molecule has 0 spiro atoms. The van der Waals surface area contributed by atoms with Gasteiger partial charge in [-0.25, -0.2) is 0 Å². The molecule has 2 N–H and O–H groups in total. The summed E-state index contributed by atoms with van der Waals surface area (Å²) in [6.07, 6.45) is 6.74. The molecule has 64 valence electrons. The molecule has 1 aliphatic carbocycles. The van der Waals surface area contributed by atoms with Crippen LogP contribution in [0.4, 0.5) is 0 Å². The molecular weight excluding hydrogens is 138 g/mol. The van der Waals surface area contributed by atoms with Crippen molar-refractivity contribution in [3.63, 3.8) is 0 Å². The normalized spacial score (nSPS) is 31.7. The minimum atomic E-state index is 0.360. The van der Waals surface area contributed by atoms with E-state index in [1.165, 1.54) is 12.8 Å². The maximum atomic E-state index is 5.79. The minimum absolute atomic E-state index is 0.360. The Balaban J connectivity index is 2.17. The fourth-order valence-electron chi connectivity index (χ4n) is 1.54. The number of hydrogen-bond acceptors (Lipinski definition) is 2. The van der Waals surface area contributed by atoms with Crippen molar-refractivity contribution in [3.05, 3.63) is 12.7 Å². The monoisotopic (exact) mass is 155 g/mol. The molecule has 2 heteroatoms. The molecule has 1 rings (SSSR count). The second-order valence-electron chi connectivity index (χ2n) is 3.17. The Hall–Kier alpha value is -0.340. The second kappa shape index (κ2) is 4.52. The molecule has 0 radical (unpaired) electrons. The van der Waals surface area contributed by atoms with E-state index in [2.05, 4.69) is 6.58 Å². The maximum absolute atomic E-state index is 5.79. The van der Waals surface area contributed by atoms with Gasteiger partial charge in [0, 0.05) is 6.04 Å². The molecule has 0 aromatic carbocycles. The maximum Gasteiger partial charge on any atom is 0.0648 e. The molecule has 2 unspecified atom stereocenters. The van der Waals surface area contributed by atoms with E-state index in [0.717, 1.165) is 12.8 Å². The summed E-state index contributed by atoms with van der Waals surface area (Å²) < 4.78 is 5.50. The Morgan fingerprint density at radius 1 is 1.55 bits per heavy atom. The third-order valence-corrected chi connectivity index (χ3v) is 2.12. The lowest BCUT2D eigenvalue weighted by atomic mass is 9.94. The highest BCUT2D eigenvalue weighted by molar-refractivity contribution is 4.76. The summed E-state index contributed by atoms with van der Waals surface area (Å²) in [5.41, 5.74) is 5.79. The van der Waals surface area contributed by atoms with E-state index in [4.69, 9.17) is 10.5 Å². The van der Waals surface area contributed by atoms with Gasteiger partial charge < -0.3 is 10.5 Å². The quantitative estimate of drug-likeness (QED) is 0.626. The van der Waals surface area contributed by atoms with E-state index in [0.29, 0.717) is 18.8 Å². The highest BCUT2D eigenvalue weighted by Gasteiger charge is 2.18. The first kappa shape index (κ1) is 8.75. The van der Waals surface area contributed by atoms with Crippen molar-refractivity contribution in [3.8, 4) is 0 Å². The van der Waals surface area contributed by atoms with Gasteiger partial charge in [0.2, 0.25) is 0 Å². The largest absolute Gasteiger partial charge is 0.374 e. The molecule has 1 fully saturated rings. The van der Waals surface area contributed by atoms with E-state index < -0.39 is 0 Å². The molecule has 0 heterocycles. The van der Waals surface area contributed by atoms with Crippen LogP contribution in [0, 0.1) is 0 Å². The Morgan fingerprint density at radius 2 is 2.36 bits per heavy atom. The number of rotatable bonds is 3. The highest BCUT2D eigenvalue weighted by Crippen LogP contribution is 2.19. The third kappa shape index (κ3) is 3.04. The van der Waals surface area contributed by atoms with Gasteiger partial charge in [0.05, 0.1) is 12.7 Å². The number of nitrogens with two attached hydrogens (primary N) is 1. The number of hydrogen-bond donors (Lipinski definition) is 1. The predicted octanol–water partition coefficient (Wildman–Crippen LogP) is 1.46. The molecule has 11 heavy (non-hydrogen) atoms. The molecule has 1 aliphatic rings. The molecule has 0 saturated heterocycles. The van der Waals surface area contributed by atoms with Crippen LogP contribution in [-0.2, 0) is 4.74 Å². The zero-order chi connectivity index (χ0) is 8.10. The average molecular weight is 155 g/mol. The standard InChI is InChI=1S/C9H17NO/c1-2-6-11-9-5-3-4-8(10)7-9/h2,8-9H,1,3-7,10H2. The average Bonchev–Trinajstić information content (AvgIpc) is 2.01. The Bertz CT molecular complexity index is 125. The van der Waals surface area contributed by atoms with Crippen LogP contribution >= 0.6 is 0 Å². The molecular formula is C9H17NO. The predicted molar refractivity (Wildman–Crippen MR) is 46.4 cm³/mol. The second-order valence-corrected chi connectivity index (χ2v) is 3.17. The van der Waals surface area contributed by atoms with E-state index in [1.807, 2.05) is 0 Å². The summed E-state index contributed by atoms with van der Waals surface area (Å²) in [5.74, 6) is 0. The van der Waals surface area contributed by atoms with Crippen LogP contribution in [-0.4, -0.2) is 18.8 Å². The first-order valence-electron chi connectivity index (χ1n) is 4.31. The molecule has 0 aromatic rings. The summed E-state index contributed by atoms with van der Waals surface area (Å²) in [6.45, 7) is 4.27. The first-order chi connectivity index (χ1) is 5.33. The topological polar surface area (TPSA) is 35.2 Å². The summed E-state index contributed by atoms with van der Waals surface area (Å²) in [7, 11) is 0. The van der Waals surface area contributed by atoms with Crippen LogP contribution in [0.5, 0.6) is 0 Å². The SMILES string of the molecule is C=CCOC1CCCC(N)C1. The lowest BCUT2D eigenvalue weighted by Gasteiger charge is -2.26. The van der Waals surface area contributed by atoms with E-state index in [1.54, 1.807) is 6.08 Å². The van der Waals surface area contributed by atoms with Gasteiger partial charge in [-0.3, -0.25) is 0 Å². The van der Waals surface area contributed by atoms with Crippen molar-refractivity contribution in [2.24, 2.45) is 5.73 Å². The molecule has 1 saturated carbocycles. The van der Waals surface area contributed by atoms with Crippen LogP contribution < -0.4 is 5.73 Å². The Morgan fingerprint density at radius 3 is 3.00 bits per heavy atom. The Kier molecular flexibility index (Phi) is 3.60. The lowest BCUT2D eigenvalue weighted by molar-refractivity contribution is 0.0411. The van der Waals surface area contributed by atoms with Gasteiger partial charge in [-0.15, -0.1) is 6.58 Å². The van der Waals surface area contributed by atoms with Gasteiger partial charge >= 0.3 is 0 Å². The molecule has 0 bridgehead atoms. The first-order valence-corrected chi connectivity index (χ1v) is 4.31. The van der Waals surface area contributed by atoms with E-state index >= 15 is 0 Å². The highest BCUT2D eigenvalue weighted by atomic mass is 16.5. The van der Waals surface area contributed by atoms with Crippen molar-refractivity contribution >= 4 is 0 Å². The Labute approximate surface area is 68.4 Å². The molecule has 2 atom stereocenters. The van der Waals surface area contributed by atoms with Crippen molar-refractivity contribution in [1.29, 1.82) is 0 Å². The van der Waals surface area contributed by atoms with Gasteiger partial charge in [0.15, 0.2) is 0 Å². The van der Waals surface area contributed by atoms with Crippen molar-refractivity contribution in [1.82, 2.24) is 0 Å². The van der Waals surface area contributed by atoms with Crippen LogP contribution in [0.3, 0.4) is 0 Å². The zero-order valence-corrected chi connectivity index (χ0v) is 6.96. The summed E-state index contributed by atoms with van der Waals surface area (Å²) in [6, 6.07) is 0.360. The van der Waals surface area contributed by atoms with Crippen LogP contribution in [0.2, 0.25) is 0 Å². The van der Waals surface area contributed by atoms with E-state index in [-0.39, 0.29) is 0 Å².